The molecular formula is C22H29FN4O. The molecule has 1 amide bonds. The quantitative estimate of drug-likeness (QED) is 0.862. The third kappa shape index (κ3) is 4.12. The number of likely N-dealkylation sites (tertiary alicyclic amines) is 1. The summed E-state index contributed by atoms with van der Waals surface area (Å²) >= 11 is 0. The molecule has 0 bridgehead atoms. The number of fused-ring (bicyclic) bond motifs is 1. The Morgan fingerprint density at radius 2 is 1.96 bits per heavy atom. The molecule has 1 aromatic heterocycles. The molecule has 150 valence electrons. The predicted molar refractivity (Wildman–Crippen MR) is 107 cm³/mol. The summed E-state index contributed by atoms with van der Waals surface area (Å²) < 4.78 is 14.9. The summed E-state index contributed by atoms with van der Waals surface area (Å²) in [6, 6.07) is 7.05. The van der Waals surface area contributed by atoms with E-state index in [0.717, 1.165) is 69.3 Å². The SMILES string of the molecule is Cn1nc(C(=O)N2CCCCC2)c2c1CCC(NCCc1ccc(F)cc1)C2. The van der Waals surface area contributed by atoms with Gasteiger partial charge in [0.25, 0.3) is 5.91 Å². The highest BCUT2D eigenvalue weighted by Crippen LogP contribution is 2.26. The van der Waals surface area contributed by atoms with E-state index in [9.17, 15) is 9.18 Å². The standard InChI is InChI=1S/C22H29FN4O/c1-26-20-10-9-18(24-12-11-16-5-7-17(23)8-6-16)15-19(20)21(25-26)22(28)27-13-3-2-4-14-27/h5-8,18,24H,2-4,9-15H2,1H3. The number of halogens is 1. The van der Waals surface area contributed by atoms with Gasteiger partial charge in [-0.1, -0.05) is 12.1 Å². The number of aryl methyl sites for hydroxylation is 1. The second-order valence-corrected chi connectivity index (χ2v) is 8.02. The molecule has 1 atom stereocenters. The lowest BCUT2D eigenvalue weighted by molar-refractivity contribution is 0.0716. The number of piperidine rings is 1. The molecule has 1 N–H and O–H groups in total. The van der Waals surface area contributed by atoms with Crippen molar-refractivity contribution in [2.45, 2.75) is 51.0 Å². The molecule has 0 spiro atoms. The highest BCUT2D eigenvalue weighted by atomic mass is 19.1. The molecule has 28 heavy (non-hydrogen) atoms. The lowest BCUT2D eigenvalue weighted by Gasteiger charge is -2.27. The number of rotatable bonds is 5. The summed E-state index contributed by atoms with van der Waals surface area (Å²) in [7, 11) is 1.95. The zero-order valence-corrected chi connectivity index (χ0v) is 16.6. The van der Waals surface area contributed by atoms with Crippen LogP contribution >= 0.6 is 0 Å². The number of carbonyl (C=O) groups excluding carboxylic acids is 1. The van der Waals surface area contributed by atoms with E-state index in [1.165, 1.54) is 24.2 Å². The van der Waals surface area contributed by atoms with E-state index in [1.54, 1.807) is 0 Å². The van der Waals surface area contributed by atoms with Crippen molar-refractivity contribution >= 4 is 5.91 Å². The van der Waals surface area contributed by atoms with E-state index < -0.39 is 0 Å². The average Bonchev–Trinajstić information content (AvgIpc) is 3.05. The van der Waals surface area contributed by atoms with Crippen LogP contribution in [0.4, 0.5) is 4.39 Å². The van der Waals surface area contributed by atoms with Crippen LogP contribution in [0.25, 0.3) is 0 Å². The Balaban J connectivity index is 1.39. The first-order valence-corrected chi connectivity index (χ1v) is 10.4. The lowest BCUT2D eigenvalue weighted by atomic mass is 9.91. The van der Waals surface area contributed by atoms with Crippen molar-refractivity contribution in [1.29, 1.82) is 0 Å². The van der Waals surface area contributed by atoms with Gasteiger partial charge in [-0.2, -0.15) is 5.10 Å². The molecule has 1 saturated heterocycles. The van der Waals surface area contributed by atoms with E-state index in [2.05, 4.69) is 10.4 Å². The zero-order valence-electron chi connectivity index (χ0n) is 16.6. The molecule has 1 aliphatic carbocycles. The molecule has 1 unspecified atom stereocenters. The van der Waals surface area contributed by atoms with Gasteiger partial charge in [0, 0.05) is 37.4 Å². The molecule has 0 saturated carbocycles. The first-order chi connectivity index (χ1) is 13.6. The Bertz CT molecular complexity index is 824. The van der Waals surface area contributed by atoms with E-state index >= 15 is 0 Å². The van der Waals surface area contributed by atoms with Gasteiger partial charge in [0.2, 0.25) is 0 Å². The summed E-state index contributed by atoms with van der Waals surface area (Å²) in [6.45, 7) is 2.55. The van der Waals surface area contributed by atoms with E-state index in [1.807, 2.05) is 28.8 Å². The number of benzene rings is 1. The Labute approximate surface area is 165 Å². The smallest absolute Gasteiger partial charge is 0.274 e. The molecule has 5 nitrogen and oxygen atoms in total. The molecule has 4 rings (SSSR count). The highest BCUT2D eigenvalue weighted by Gasteiger charge is 2.30. The van der Waals surface area contributed by atoms with Crippen molar-refractivity contribution in [2.24, 2.45) is 7.05 Å². The van der Waals surface area contributed by atoms with Gasteiger partial charge in [0.15, 0.2) is 5.69 Å². The van der Waals surface area contributed by atoms with Gasteiger partial charge in [-0.05, 0) is 69.2 Å². The maximum atomic E-state index is 13.0. The number of amides is 1. The van der Waals surface area contributed by atoms with Gasteiger partial charge in [0.05, 0.1) is 0 Å². The molecule has 2 aromatic rings. The van der Waals surface area contributed by atoms with Gasteiger partial charge in [-0.3, -0.25) is 9.48 Å². The molecule has 1 fully saturated rings. The van der Waals surface area contributed by atoms with Crippen LogP contribution in [0.1, 0.15) is 53.0 Å². The fourth-order valence-corrected chi connectivity index (χ4v) is 4.45. The molecule has 6 heteroatoms. The molecule has 2 aliphatic rings. The minimum Gasteiger partial charge on any atom is -0.337 e. The van der Waals surface area contributed by atoms with E-state index in [0.29, 0.717) is 11.7 Å². The van der Waals surface area contributed by atoms with Crippen molar-refractivity contribution in [3.05, 3.63) is 52.6 Å². The second kappa shape index (κ2) is 8.43. The van der Waals surface area contributed by atoms with E-state index in [-0.39, 0.29) is 11.7 Å². The summed E-state index contributed by atoms with van der Waals surface area (Å²) in [5.41, 5.74) is 4.12. The molecular weight excluding hydrogens is 355 g/mol. The molecule has 2 heterocycles. The van der Waals surface area contributed by atoms with Crippen molar-refractivity contribution in [1.82, 2.24) is 20.0 Å². The number of hydrogen-bond acceptors (Lipinski definition) is 3. The van der Waals surface area contributed by atoms with E-state index in [4.69, 9.17) is 0 Å². The van der Waals surface area contributed by atoms with Crippen molar-refractivity contribution < 1.29 is 9.18 Å². The Kier molecular flexibility index (Phi) is 5.76. The van der Waals surface area contributed by atoms with Gasteiger partial charge in [-0.15, -0.1) is 0 Å². The van der Waals surface area contributed by atoms with Crippen LogP contribution < -0.4 is 5.32 Å². The number of hydrogen-bond donors (Lipinski definition) is 1. The van der Waals surface area contributed by atoms with Gasteiger partial charge in [-0.25, -0.2) is 4.39 Å². The Hall–Kier alpha value is -2.21. The topological polar surface area (TPSA) is 50.2 Å². The van der Waals surface area contributed by atoms with Crippen molar-refractivity contribution in [3.8, 4) is 0 Å². The Morgan fingerprint density at radius 3 is 2.71 bits per heavy atom. The number of aromatic nitrogens is 2. The minimum atomic E-state index is -0.195. The van der Waals surface area contributed by atoms with Crippen LogP contribution in [0, 0.1) is 5.82 Å². The first-order valence-electron chi connectivity index (χ1n) is 10.4. The average molecular weight is 384 g/mol. The summed E-state index contributed by atoms with van der Waals surface area (Å²) in [4.78, 5) is 15.0. The van der Waals surface area contributed by atoms with Crippen LogP contribution in [0.15, 0.2) is 24.3 Å². The third-order valence-electron chi connectivity index (χ3n) is 6.06. The second-order valence-electron chi connectivity index (χ2n) is 8.02. The van der Waals surface area contributed by atoms with Crippen LogP contribution in [0.2, 0.25) is 0 Å². The molecule has 1 aromatic carbocycles. The van der Waals surface area contributed by atoms with Crippen LogP contribution in [0.5, 0.6) is 0 Å². The van der Waals surface area contributed by atoms with Gasteiger partial charge in [0.1, 0.15) is 5.82 Å². The summed E-state index contributed by atoms with van der Waals surface area (Å²) in [6.07, 6.45) is 7.11. The fraction of sp³-hybridized carbons (Fsp3) is 0.545. The summed E-state index contributed by atoms with van der Waals surface area (Å²) in [5.74, 6) is -0.0949. The fourth-order valence-electron chi connectivity index (χ4n) is 4.45. The normalized spacial score (nSPS) is 19.5. The Morgan fingerprint density at radius 1 is 1.21 bits per heavy atom. The maximum Gasteiger partial charge on any atom is 0.274 e. The van der Waals surface area contributed by atoms with Crippen molar-refractivity contribution in [2.75, 3.05) is 19.6 Å². The first kappa shape index (κ1) is 19.1. The van der Waals surface area contributed by atoms with Crippen molar-refractivity contribution in [3.63, 3.8) is 0 Å². The lowest BCUT2D eigenvalue weighted by Crippen LogP contribution is -2.38. The monoisotopic (exact) mass is 384 g/mol. The highest BCUT2D eigenvalue weighted by molar-refractivity contribution is 5.94. The largest absolute Gasteiger partial charge is 0.337 e. The molecule has 0 radical (unpaired) electrons. The van der Waals surface area contributed by atoms with Gasteiger partial charge < -0.3 is 10.2 Å². The molecule has 1 aliphatic heterocycles. The number of carbonyl (C=O) groups is 1. The number of nitrogens with zero attached hydrogens (tertiary/aromatic N) is 3. The minimum absolute atomic E-state index is 0.100. The summed E-state index contributed by atoms with van der Waals surface area (Å²) in [5, 5.41) is 8.22. The third-order valence-corrected chi connectivity index (χ3v) is 6.06. The van der Waals surface area contributed by atoms with Crippen LogP contribution in [0.3, 0.4) is 0 Å². The van der Waals surface area contributed by atoms with Crippen LogP contribution in [-0.2, 0) is 26.3 Å². The van der Waals surface area contributed by atoms with Crippen LogP contribution in [-0.4, -0.2) is 46.3 Å². The maximum absolute atomic E-state index is 13.0. The number of nitrogens with one attached hydrogen (secondary N) is 1. The van der Waals surface area contributed by atoms with Gasteiger partial charge >= 0.3 is 0 Å². The predicted octanol–water partition coefficient (Wildman–Crippen LogP) is 2.87. The zero-order chi connectivity index (χ0) is 19.5.